The Kier molecular flexibility index (Phi) is 3.22. The van der Waals surface area contributed by atoms with Crippen molar-refractivity contribution < 1.29 is 4.79 Å². The van der Waals surface area contributed by atoms with Crippen molar-refractivity contribution in [3.8, 4) is 0 Å². The zero-order chi connectivity index (χ0) is 12.6. The van der Waals surface area contributed by atoms with Gasteiger partial charge in [-0.05, 0) is 24.6 Å². The van der Waals surface area contributed by atoms with Crippen LogP contribution in [0, 0.1) is 0 Å². The summed E-state index contributed by atoms with van der Waals surface area (Å²) in [6.45, 7) is 5.91. The first-order valence-electron chi connectivity index (χ1n) is 5.57. The molecule has 1 aromatic rings. The molecule has 1 unspecified atom stereocenters. The Morgan fingerprint density at radius 1 is 1.47 bits per heavy atom. The van der Waals surface area contributed by atoms with Crippen LogP contribution in [-0.4, -0.2) is 24.0 Å². The molecule has 1 aliphatic heterocycles. The molecule has 17 heavy (non-hydrogen) atoms. The minimum Gasteiger partial charge on any atom is -0.268 e. The third-order valence-corrected chi connectivity index (χ3v) is 3.31. The number of hydrogen-bond donors (Lipinski definition) is 0. The van der Waals surface area contributed by atoms with E-state index in [9.17, 15) is 4.79 Å². The number of nitrogens with zero attached hydrogens (tertiary/aromatic N) is 2. The topological polar surface area (TPSA) is 23.6 Å². The van der Waals surface area contributed by atoms with Crippen LogP contribution in [0.1, 0.15) is 13.3 Å². The van der Waals surface area contributed by atoms with E-state index in [4.69, 9.17) is 11.6 Å². The lowest BCUT2D eigenvalue weighted by Crippen LogP contribution is -2.39. The maximum atomic E-state index is 12.1. The molecule has 0 aliphatic carbocycles. The summed E-state index contributed by atoms with van der Waals surface area (Å²) in [6, 6.07) is 7.34. The van der Waals surface area contributed by atoms with Crippen LogP contribution >= 0.6 is 11.6 Å². The fourth-order valence-electron chi connectivity index (χ4n) is 2.20. The number of likely N-dealkylation sites (N-methyl/N-ethyl adjacent to an activating group) is 1. The molecule has 4 heteroatoms. The van der Waals surface area contributed by atoms with E-state index in [2.05, 4.69) is 6.58 Å². The molecule has 0 bridgehead atoms. The normalized spacial score (nSPS) is 21.4. The monoisotopic (exact) mass is 250 g/mol. The Labute approximate surface area is 106 Å². The SMILES string of the molecule is C=C1C(=O)N(c2cccc(Cl)c2)N(C)C1CC. The quantitative estimate of drug-likeness (QED) is 0.754. The van der Waals surface area contributed by atoms with Gasteiger partial charge in [0.05, 0.1) is 11.7 Å². The fourth-order valence-corrected chi connectivity index (χ4v) is 2.39. The molecular weight excluding hydrogens is 236 g/mol. The van der Waals surface area contributed by atoms with Gasteiger partial charge >= 0.3 is 0 Å². The maximum absolute atomic E-state index is 12.1. The Morgan fingerprint density at radius 2 is 2.18 bits per heavy atom. The fraction of sp³-hybridized carbons (Fsp3) is 0.308. The zero-order valence-electron chi connectivity index (χ0n) is 9.98. The van der Waals surface area contributed by atoms with E-state index in [-0.39, 0.29) is 11.9 Å². The smallest absolute Gasteiger partial charge is 0.268 e. The van der Waals surface area contributed by atoms with Gasteiger partial charge in [-0.2, -0.15) is 0 Å². The zero-order valence-corrected chi connectivity index (χ0v) is 10.7. The van der Waals surface area contributed by atoms with E-state index in [1.807, 2.05) is 31.1 Å². The van der Waals surface area contributed by atoms with E-state index in [0.29, 0.717) is 10.6 Å². The summed E-state index contributed by atoms with van der Waals surface area (Å²) < 4.78 is 0. The van der Waals surface area contributed by atoms with Gasteiger partial charge in [0.25, 0.3) is 5.91 Å². The summed E-state index contributed by atoms with van der Waals surface area (Å²) in [5, 5.41) is 4.16. The lowest BCUT2D eigenvalue weighted by atomic mass is 10.1. The molecule has 0 radical (unpaired) electrons. The molecule has 1 heterocycles. The van der Waals surface area contributed by atoms with Crippen molar-refractivity contribution >= 4 is 23.2 Å². The standard InChI is InChI=1S/C13H15ClN2O/c1-4-12-9(2)13(17)16(15(12)3)11-7-5-6-10(14)8-11/h5-8,12H,2,4H2,1,3H3. The molecule has 1 aromatic carbocycles. The summed E-state index contributed by atoms with van der Waals surface area (Å²) in [7, 11) is 1.89. The van der Waals surface area contributed by atoms with Gasteiger partial charge in [0.2, 0.25) is 0 Å². The van der Waals surface area contributed by atoms with Gasteiger partial charge in [0.1, 0.15) is 0 Å². The van der Waals surface area contributed by atoms with Crippen LogP contribution < -0.4 is 5.01 Å². The summed E-state index contributed by atoms with van der Waals surface area (Å²) in [5.74, 6) is -0.0541. The predicted octanol–water partition coefficient (Wildman–Crippen LogP) is 2.87. The lowest BCUT2D eigenvalue weighted by molar-refractivity contribution is -0.115. The maximum Gasteiger partial charge on any atom is 0.269 e. The number of benzene rings is 1. The van der Waals surface area contributed by atoms with Crippen LogP contribution in [0.4, 0.5) is 5.69 Å². The van der Waals surface area contributed by atoms with Crippen molar-refractivity contribution in [2.75, 3.05) is 12.1 Å². The molecule has 1 saturated heterocycles. The van der Waals surface area contributed by atoms with Gasteiger partial charge in [-0.1, -0.05) is 31.2 Å². The van der Waals surface area contributed by atoms with Gasteiger partial charge in [-0.15, -0.1) is 0 Å². The Bertz CT molecular complexity index is 472. The lowest BCUT2D eigenvalue weighted by Gasteiger charge is -2.27. The molecule has 1 fully saturated rings. The van der Waals surface area contributed by atoms with Crippen molar-refractivity contribution in [1.82, 2.24) is 5.01 Å². The van der Waals surface area contributed by atoms with Crippen LogP contribution in [0.2, 0.25) is 5.02 Å². The predicted molar refractivity (Wildman–Crippen MR) is 69.9 cm³/mol. The molecule has 1 aliphatic rings. The number of carbonyl (C=O) groups excluding carboxylic acids is 1. The van der Waals surface area contributed by atoms with Gasteiger partial charge in [0, 0.05) is 17.6 Å². The molecule has 0 aromatic heterocycles. The summed E-state index contributed by atoms with van der Waals surface area (Å²) >= 11 is 5.95. The van der Waals surface area contributed by atoms with Gasteiger partial charge in [0.15, 0.2) is 0 Å². The van der Waals surface area contributed by atoms with Crippen LogP contribution in [0.5, 0.6) is 0 Å². The average Bonchev–Trinajstić information content (AvgIpc) is 2.50. The van der Waals surface area contributed by atoms with Crippen LogP contribution in [-0.2, 0) is 4.79 Å². The molecule has 90 valence electrons. The number of hydrazine groups is 1. The van der Waals surface area contributed by atoms with Gasteiger partial charge < -0.3 is 0 Å². The van der Waals surface area contributed by atoms with E-state index in [0.717, 1.165) is 12.1 Å². The van der Waals surface area contributed by atoms with E-state index < -0.39 is 0 Å². The number of halogens is 1. The van der Waals surface area contributed by atoms with Crippen molar-refractivity contribution in [2.45, 2.75) is 19.4 Å². The Hall–Kier alpha value is -1.32. The van der Waals surface area contributed by atoms with Gasteiger partial charge in [-0.3, -0.25) is 4.79 Å². The number of hydrogen-bond acceptors (Lipinski definition) is 2. The Morgan fingerprint density at radius 3 is 2.71 bits per heavy atom. The minimum atomic E-state index is -0.0541. The van der Waals surface area contributed by atoms with Crippen LogP contribution in [0.15, 0.2) is 36.4 Å². The molecule has 2 rings (SSSR count). The number of amides is 1. The van der Waals surface area contributed by atoms with E-state index >= 15 is 0 Å². The Balaban J connectivity index is 2.40. The second-order valence-electron chi connectivity index (χ2n) is 4.12. The highest BCUT2D eigenvalue weighted by atomic mass is 35.5. The first-order valence-corrected chi connectivity index (χ1v) is 5.95. The van der Waals surface area contributed by atoms with Crippen molar-refractivity contribution in [1.29, 1.82) is 0 Å². The largest absolute Gasteiger partial charge is 0.269 e. The summed E-state index contributed by atoms with van der Waals surface area (Å²) in [5.41, 5.74) is 1.41. The third kappa shape index (κ3) is 1.96. The van der Waals surface area contributed by atoms with Crippen LogP contribution in [0.25, 0.3) is 0 Å². The number of rotatable bonds is 2. The van der Waals surface area contributed by atoms with Crippen molar-refractivity contribution in [3.05, 3.63) is 41.4 Å². The van der Waals surface area contributed by atoms with Crippen molar-refractivity contribution in [2.24, 2.45) is 0 Å². The second kappa shape index (κ2) is 4.51. The second-order valence-corrected chi connectivity index (χ2v) is 4.56. The summed E-state index contributed by atoms with van der Waals surface area (Å²) in [4.78, 5) is 12.1. The molecule has 1 amide bonds. The highest BCUT2D eigenvalue weighted by Gasteiger charge is 2.38. The average molecular weight is 251 g/mol. The molecular formula is C13H15ClN2O. The first-order chi connectivity index (χ1) is 8.06. The molecule has 1 atom stereocenters. The van der Waals surface area contributed by atoms with Crippen molar-refractivity contribution in [3.63, 3.8) is 0 Å². The summed E-state index contributed by atoms with van der Waals surface area (Å²) in [6.07, 6.45) is 0.859. The van der Waals surface area contributed by atoms with E-state index in [1.54, 1.807) is 17.1 Å². The molecule has 0 N–H and O–H groups in total. The molecule has 3 nitrogen and oxygen atoms in total. The molecule has 0 spiro atoms. The molecule has 0 saturated carbocycles. The third-order valence-electron chi connectivity index (χ3n) is 3.08. The highest BCUT2D eigenvalue weighted by Crippen LogP contribution is 2.30. The first kappa shape index (κ1) is 12.1. The minimum absolute atomic E-state index is 0.0541. The number of anilines is 1. The van der Waals surface area contributed by atoms with E-state index in [1.165, 1.54) is 0 Å². The van der Waals surface area contributed by atoms with Gasteiger partial charge in [-0.25, -0.2) is 10.0 Å². The van der Waals surface area contributed by atoms with Crippen LogP contribution in [0.3, 0.4) is 0 Å². The highest BCUT2D eigenvalue weighted by molar-refractivity contribution is 6.31. The number of carbonyl (C=O) groups is 1.